The molecule has 164 valence electrons. The van der Waals surface area contributed by atoms with E-state index in [0.29, 0.717) is 13.1 Å². The first kappa shape index (κ1) is 20.3. The first-order chi connectivity index (χ1) is 15.6. The fourth-order valence-corrected chi connectivity index (χ4v) is 4.24. The van der Waals surface area contributed by atoms with Gasteiger partial charge in [0, 0.05) is 56.7 Å². The van der Waals surface area contributed by atoms with Crippen LogP contribution in [0.5, 0.6) is 0 Å². The molecule has 1 saturated heterocycles. The van der Waals surface area contributed by atoms with Gasteiger partial charge in [0.15, 0.2) is 0 Å². The van der Waals surface area contributed by atoms with E-state index in [2.05, 4.69) is 27.2 Å². The lowest BCUT2D eigenvalue weighted by atomic mass is 10.1. The maximum absolute atomic E-state index is 12.7. The number of pyridine rings is 1. The number of amides is 1. The molecule has 0 aliphatic carbocycles. The van der Waals surface area contributed by atoms with Gasteiger partial charge >= 0.3 is 0 Å². The number of piperazine rings is 1. The summed E-state index contributed by atoms with van der Waals surface area (Å²) in [6.45, 7) is 2.73. The molecule has 8 nitrogen and oxygen atoms in total. The minimum absolute atomic E-state index is 0.0121. The summed E-state index contributed by atoms with van der Waals surface area (Å²) in [6.07, 6.45) is 7.07. The van der Waals surface area contributed by atoms with E-state index in [9.17, 15) is 9.90 Å². The molecule has 1 aliphatic heterocycles. The van der Waals surface area contributed by atoms with Crippen molar-refractivity contribution in [2.75, 3.05) is 31.1 Å². The molecule has 8 heteroatoms. The zero-order valence-electron chi connectivity index (χ0n) is 18.0. The Morgan fingerprint density at radius 3 is 2.47 bits per heavy atom. The number of benzene rings is 1. The Hall–Kier alpha value is -3.65. The molecule has 4 aromatic rings. The van der Waals surface area contributed by atoms with Crippen LogP contribution in [0.25, 0.3) is 16.6 Å². The number of carbonyl (C=O) groups is 1. The highest BCUT2D eigenvalue weighted by molar-refractivity contribution is 5.78. The largest absolute Gasteiger partial charge is 0.388 e. The number of anilines is 1. The Morgan fingerprint density at radius 2 is 1.75 bits per heavy atom. The SMILES string of the molecule is Cn1cc(-c2ccc3c(N4CCN(C(=O)C[C@H](O)c5ccccc5)CC4)cnn3c2)cn1. The summed E-state index contributed by atoms with van der Waals surface area (Å²) < 4.78 is 3.68. The molecule has 0 saturated carbocycles. The Kier molecular flexibility index (Phi) is 5.36. The van der Waals surface area contributed by atoms with E-state index in [0.717, 1.165) is 41.0 Å². The van der Waals surface area contributed by atoms with Crippen molar-refractivity contribution < 1.29 is 9.90 Å². The third-order valence-corrected chi connectivity index (χ3v) is 6.06. The molecular formula is C24H26N6O2. The second-order valence-corrected chi connectivity index (χ2v) is 8.18. The average Bonchev–Trinajstić information content (AvgIpc) is 3.45. The quantitative estimate of drug-likeness (QED) is 0.526. The maximum Gasteiger partial charge on any atom is 0.225 e. The number of fused-ring (bicyclic) bond motifs is 1. The Morgan fingerprint density at radius 1 is 0.969 bits per heavy atom. The van der Waals surface area contributed by atoms with Crippen LogP contribution in [0.4, 0.5) is 5.69 Å². The smallest absolute Gasteiger partial charge is 0.225 e. The molecule has 1 aromatic carbocycles. The first-order valence-corrected chi connectivity index (χ1v) is 10.8. The van der Waals surface area contributed by atoms with E-state index in [1.165, 1.54) is 0 Å². The van der Waals surface area contributed by atoms with Crippen molar-refractivity contribution in [1.82, 2.24) is 24.3 Å². The predicted molar refractivity (Wildman–Crippen MR) is 122 cm³/mol. The third kappa shape index (κ3) is 3.97. The molecule has 4 heterocycles. The summed E-state index contributed by atoms with van der Waals surface area (Å²) in [6, 6.07) is 13.5. The van der Waals surface area contributed by atoms with Crippen LogP contribution in [0.3, 0.4) is 0 Å². The number of rotatable bonds is 5. The van der Waals surface area contributed by atoms with Crippen LogP contribution < -0.4 is 4.90 Å². The van der Waals surface area contributed by atoms with Crippen molar-refractivity contribution in [2.24, 2.45) is 7.05 Å². The lowest BCUT2D eigenvalue weighted by Gasteiger charge is -2.36. The summed E-state index contributed by atoms with van der Waals surface area (Å²) in [4.78, 5) is 16.8. The van der Waals surface area contributed by atoms with Gasteiger partial charge in [-0.25, -0.2) is 4.52 Å². The van der Waals surface area contributed by atoms with Gasteiger partial charge in [-0.15, -0.1) is 0 Å². The molecule has 1 atom stereocenters. The number of aryl methyl sites for hydroxylation is 1. The summed E-state index contributed by atoms with van der Waals surface area (Å²) in [5.41, 5.74) is 5.00. The highest BCUT2D eigenvalue weighted by Crippen LogP contribution is 2.26. The van der Waals surface area contributed by atoms with Crippen molar-refractivity contribution >= 4 is 17.1 Å². The van der Waals surface area contributed by atoms with Crippen molar-refractivity contribution in [2.45, 2.75) is 12.5 Å². The number of aromatic nitrogens is 4. The van der Waals surface area contributed by atoms with Crippen LogP contribution in [-0.4, -0.2) is 61.5 Å². The number of hydrogen-bond donors (Lipinski definition) is 1. The predicted octanol–water partition coefficient (Wildman–Crippen LogP) is 2.51. The Balaban J connectivity index is 1.23. The van der Waals surface area contributed by atoms with Crippen molar-refractivity contribution in [1.29, 1.82) is 0 Å². The second-order valence-electron chi connectivity index (χ2n) is 8.18. The van der Waals surface area contributed by atoms with Gasteiger partial charge < -0.3 is 14.9 Å². The van der Waals surface area contributed by atoms with Crippen LogP contribution in [0.2, 0.25) is 0 Å². The molecule has 0 radical (unpaired) electrons. The normalized spacial score (nSPS) is 15.3. The third-order valence-electron chi connectivity index (χ3n) is 6.06. The average molecular weight is 431 g/mol. The van der Waals surface area contributed by atoms with Gasteiger partial charge in [0.1, 0.15) is 0 Å². The van der Waals surface area contributed by atoms with Gasteiger partial charge in [-0.1, -0.05) is 36.4 Å². The Labute approximate surface area is 186 Å². The summed E-state index contributed by atoms with van der Waals surface area (Å²) in [5.74, 6) is -0.0121. The molecule has 5 rings (SSSR count). The molecule has 32 heavy (non-hydrogen) atoms. The zero-order chi connectivity index (χ0) is 22.1. The molecule has 1 aliphatic rings. The molecule has 3 aromatic heterocycles. The van der Waals surface area contributed by atoms with Crippen LogP contribution in [0.1, 0.15) is 18.1 Å². The van der Waals surface area contributed by atoms with Crippen LogP contribution in [0, 0.1) is 0 Å². The highest BCUT2D eigenvalue weighted by Gasteiger charge is 2.25. The highest BCUT2D eigenvalue weighted by atomic mass is 16.3. The molecular weight excluding hydrogens is 404 g/mol. The van der Waals surface area contributed by atoms with Crippen molar-refractivity contribution in [3.63, 3.8) is 0 Å². The van der Waals surface area contributed by atoms with E-state index in [1.807, 2.05) is 71.6 Å². The van der Waals surface area contributed by atoms with Gasteiger partial charge in [-0.3, -0.25) is 9.48 Å². The van der Waals surface area contributed by atoms with E-state index >= 15 is 0 Å². The van der Waals surface area contributed by atoms with Gasteiger partial charge in [-0.05, 0) is 11.6 Å². The number of carbonyl (C=O) groups excluding carboxylic acids is 1. The van der Waals surface area contributed by atoms with Gasteiger partial charge in [0.05, 0.1) is 36.1 Å². The zero-order valence-corrected chi connectivity index (χ0v) is 18.0. The summed E-state index contributed by atoms with van der Waals surface area (Å²) >= 11 is 0. The Bertz CT molecular complexity index is 1220. The van der Waals surface area contributed by atoms with Gasteiger partial charge in [-0.2, -0.15) is 10.2 Å². The molecule has 1 amide bonds. The van der Waals surface area contributed by atoms with Crippen LogP contribution in [0.15, 0.2) is 67.3 Å². The van der Waals surface area contributed by atoms with E-state index in [4.69, 9.17) is 0 Å². The number of aliphatic hydroxyl groups is 1. The summed E-state index contributed by atoms with van der Waals surface area (Å²) in [7, 11) is 1.90. The molecule has 0 spiro atoms. The van der Waals surface area contributed by atoms with E-state index < -0.39 is 6.10 Å². The molecule has 1 fully saturated rings. The van der Waals surface area contributed by atoms with Gasteiger partial charge in [0.2, 0.25) is 5.91 Å². The van der Waals surface area contributed by atoms with Crippen LogP contribution >= 0.6 is 0 Å². The standard InChI is InChI=1S/C24H26N6O2/c1-27-16-20(14-25-27)19-7-8-21-22(15-26-30(21)17-19)28-9-11-29(12-10-28)24(32)13-23(31)18-5-3-2-4-6-18/h2-8,14-17,23,31H,9-13H2,1H3/t23-/m0/s1. The van der Waals surface area contributed by atoms with Crippen LogP contribution in [-0.2, 0) is 11.8 Å². The first-order valence-electron chi connectivity index (χ1n) is 10.8. The van der Waals surface area contributed by atoms with Crippen molar-refractivity contribution in [3.8, 4) is 11.1 Å². The number of nitrogens with zero attached hydrogens (tertiary/aromatic N) is 6. The van der Waals surface area contributed by atoms with Gasteiger partial charge in [0.25, 0.3) is 0 Å². The molecule has 1 N–H and O–H groups in total. The lowest BCUT2D eigenvalue weighted by Crippen LogP contribution is -2.49. The molecule has 0 unspecified atom stereocenters. The molecule has 0 bridgehead atoms. The monoisotopic (exact) mass is 430 g/mol. The minimum atomic E-state index is -0.768. The fourth-order valence-electron chi connectivity index (χ4n) is 4.24. The summed E-state index contributed by atoms with van der Waals surface area (Å²) in [5, 5.41) is 19.2. The number of hydrogen-bond acceptors (Lipinski definition) is 5. The number of aliphatic hydroxyl groups excluding tert-OH is 1. The topological polar surface area (TPSA) is 78.9 Å². The lowest BCUT2D eigenvalue weighted by molar-refractivity contribution is -0.133. The maximum atomic E-state index is 12.7. The van der Waals surface area contributed by atoms with E-state index in [1.54, 1.807) is 4.68 Å². The fraction of sp³-hybridized carbons (Fsp3) is 0.292. The second kappa shape index (κ2) is 8.47. The van der Waals surface area contributed by atoms with Crippen molar-refractivity contribution in [3.05, 3.63) is 72.8 Å². The van der Waals surface area contributed by atoms with E-state index in [-0.39, 0.29) is 12.3 Å². The minimum Gasteiger partial charge on any atom is -0.388 e.